The van der Waals surface area contributed by atoms with Crippen molar-refractivity contribution >= 4 is 5.82 Å². The van der Waals surface area contributed by atoms with Gasteiger partial charge in [-0.25, -0.2) is 4.98 Å². The van der Waals surface area contributed by atoms with Crippen molar-refractivity contribution in [1.82, 2.24) is 10.3 Å². The molecule has 0 saturated carbocycles. The summed E-state index contributed by atoms with van der Waals surface area (Å²) in [5.74, 6) is 2.67. The van der Waals surface area contributed by atoms with Crippen LogP contribution >= 0.6 is 0 Å². The van der Waals surface area contributed by atoms with Crippen LogP contribution in [0.15, 0.2) is 18.3 Å². The second kappa shape index (κ2) is 6.90. The quantitative estimate of drug-likeness (QED) is 0.883. The topological polar surface area (TPSA) is 28.2 Å². The van der Waals surface area contributed by atoms with Gasteiger partial charge in [-0.1, -0.05) is 19.9 Å². The van der Waals surface area contributed by atoms with E-state index < -0.39 is 0 Å². The minimum atomic E-state index is 0.734. The van der Waals surface area contributed by atoms with Gasteiger partial charge in [-0.2, -0.15) is 0 Å². The second-order valence-electron chi connectivity index (χ2n) is 6.15. The van der Waals surface area contributed by atoms with E-state index >= 15 is 0 Å². The Hall–Kier alpha value is -1.09. The van der Waals surface area contributed by atoms with E-state index in [0.29, 0.717) is 0 Å². The fraction of sp³-hybridized carbons (Fsp3) is 0.688. The number of pyridine rings is 1. The van der Waals surface area contributed by atoms with Gasteiger partial charge in [0.1, 0.15) is 5.82 Å². The van der Waals surface area contributed by atoms with Crippen LogP contribution in [-0.2, 0) is 0 Å². The van der Waals surface area contributed by atoms with Crippen LogP contribution < -0.4 is 10.2 Å². The summed E-state index contributed by atoms with van der Waals surface area (Å²) < 4.78 is 0. The van der Waals surface area contributed by atoms with Crippen molar-refractivity contribution in [3.8, 4) is 0 Å². The molecule has 1 aliphatic rings. The van der Waals surface area contributed by atoms with Crippen LogP contribution in [0.4, 0.5) is 5.82 Å². The van der Waals surface area contributed by atoms with Gasteiger partial charge in [0.05, 0.1) is 0 Å². The maximum Gasteiger partial charge on any atom is 0.131 e. The van der Waals surface area contributed by atoms with E-state index in [9.17, 15) is 0 Å². The SMILES string of the molecule is Cc1cccnc1N1CCCC(CNCC(C)C)C1. The Morgan fingerprint density at radius 1 is 1.47 bits per heavy atom. The number of nitrogens with zero attached hydrogens (tertiary/aromatic N) is 2. The lowest BCUT2D eigenvalue weighted by Crippen LogP contribution is -2.40. The number of hydrogen-bond acceptors (Lipinski definition) is 3. The summed E-state index contributed by atoms with van der Waals surface area (Å²) in [5.41, 5.74) is 1.29. The number of hydrogen-bond donors (Lipinski definition) is 1. The molecule has 3 heteroatoms. The number of nitrogens with one attached hydrogen (secondary N) is 1. The number of aromatic nitrogens is 1. The summed E-state index contributed by atoms with van der Waals surface area (Å²) >= 11 is 0. The van der Waals surface area contributed by atoms with E-state index in [0.717, 1.165) is 38.0 Å². The Morgan fingerprint density at radius 2 is 2.32 bits per heavy atom. The van der Waals surface area contributed by atoms with Crippen LogP contribution in [0.1, 0.15) is 32.3 Å². The molecule has 3 nitrogen and oxygen atoms in total. The van der Waals surface area contributed by atoms with E-state index in [1.165, 1.54) is 24.2 Å². The minimum Gasteiger partial charge on any atom is -0.356 e. The van der Waals surface area contributed by atoms with Crippen molar-refractivity contribution < 1.29 is 0 Å². The van der Waals surface area contributed by atoms with E-state index in [1.807, 2.05) is 12.3 Å². The van der Waals surface area contributed by atoms with Crippen molar-refractivity contribution in [3.63, 3.8) is 0 Å². The van der Waals surface area contributed by atoms with Crippen LogP contribution in [0.2, 0.25) is 0 Å². The van der Waals surface area contributed by atoms with Crippen molar-refractivity contribution in [2.75, 3.05) is 31.1 Å². The van der Waals surface area contributed by atoms with Crippen molar-refractivity contribution in [3.05, 3.63) is 23.9 Å². The molecule has 106 valence electrons. The lowest BCUT2D eigenvalue weighted by molar-refractivity contribution is 0.381. The standard InChI is InChI=1S/C16H27N3/c1-13(2)10-17-11-15-7-5-9-19(12-15)16-14(3)6-4-8-18-16/h4,6,8,13,15,17H,5,7,9-12H2,1-3H3. The maximum atomic E-state index is 4.55. The fourth-order valence-corrected chi connectivity index (χ4v) is 2.81. The Balaban J connectivity index is 1.88. The molecule has 1 unspecified atom stereocenters. The number of anilines is 1. The molecular weight excluding hydrogens is 234 g/mol. The van der Waals surface area contributed by atoms with Gasteiger partial charge in [0, 0.05) is 19.3 Å². The molecule has 2 heterocycles. The van der Waals surface area contributed by atoms with Crippen LogP contribution in [-0.4, -0.2) is 31.2 Å². The minimum absolute atomic E-state index is 0.734. The molecule has 0 aliphatic carbocycles. The van der Waals surface area contributed by atoms with Crippen LogP contribution in [0.5, 0.6) is 0 Å². The first kappa shape index (κ1) is 14.3. The van der Waals surface area contributed by atoms with Gasteiger partial charge in [0.2, 0.25) is 0 Å². The summed E-state index contributed by atoms with van der Waals surface area (Å²) in [6, 6.07) is 4.17. The average Bonchev–Trinajstić information content (AvgIpc) is 2.39. The van der Waals surface area contributed by atoms with Gasteiger partial charge in [-0.05, 0) is 56.3 Å². The van der Waals surface area contributed by atoms with Gasteiger partial charge in [-0.3, -0.25) is 0 Å². The third-order valence-electron chi connectivity index (χ3n) is 3.79. The molecule has 1 N–H and O–H groups in total. The molecule has 1 fully saturated rings. The Kier molecular flexibility index (Phi) is 5.20. The molecule has 1 saturated heterocycles. The van der Waals surface area contributed by atoms with Gasteiger partial charge in [0.25, 0.3) is 0 Å². The van der Waals surface area contributed by atoms with Gasteiger partial charge in [0.15, 0.2) is 0 Å². The number of piperidine rings is 1. The summed E-state index contributed by atoms with van der Waals surface area (Å²) in [6.07, 6.45) is 4.53. The smallest absolute Gasteiger partial charge is 0.131 e. The molecule has 0 aromatic carbocycles. The third-order valence-corrected chi connectivity index (χ3v) is 3.79. The maximum absolute atomic E-state index is 4.55. The first-order valence-electron chi connectivity index (χ1n) is 7.54. The molecule has 1 aliphatic heterocycles. The summed E-state index contributed by atoms with van der Waals surface area (Å²) in [5, 5.41) is 3.59. The molecule has 0 spiro atoms. The van der Waals surface area contributed by atoms with E-state index in [4.69, 9.17) is 0 Å². The van der Waals surface area contributed by atoms with Gasteiger partial charge in [-0.15, -0.1) is 0 Å². The monoisotopic (exact) mass is 261 g/mol. The molecule has 1 aromatic rings. The first-order valence-corrected chi connectivity index (χ1v) is 7.54. The highest BCUT2D eigenvalue weighted by Crippen LogP contribution is 2.23. The van der Waals surface area contributed by atoms with Crippen molar-refractivity contribution in [1.29, 1.82) is 0 Å². The van der Waals surface area contributed by atoms with Gasteiger partial charge < -0.3 is 10.2 Å². The van der Waals surface area contributed by atoms with E-state index in [-0.39, 0.29) is 0 Å². The highest BCUT2D eigenvalue weighted by molar-refractivity contribution is 5.46. The molecule has 19 heavy (non-hydrogen) atoms. The summed E-state index contributed by atoms with van der Waals surface area (Å²) in [6.45, 7) is 11.2. The molecule has 0 amide bonds. The van der Waals surface area contributed by atoms with Crippen molar-refractivity contribution in [2.24, 2.45) is 11.8 Å². The predicted molar refractivity (Wildman–Crippen MR) is 81.6 cm³/mol. The zero-order valence-electron chi connectivity index (χ0n) is 12.5. The highest BCUT2D eigenvalue weighted by atomic mass is 15.2. The molecule has 1 atom stereocenters. The van der Waals surface area contributed by atoms with Gasteiger partial charge >= 0.3 is 0 Å². The van der Waals surface area contributed by atoms with E-state index in [2.05, 4.69) is 42.0 Å². The normalized spacial score (nSPS) is 20.0. The van der Waals surface area contributed by atoms with Crippen molar-refractivity contribution in [2.45, 2.75) is 33.6 Å². The summed E-state index contributed by atoms with van der Waals surface area (Å²) in [7, 11) is 0. The Bertz CT molecular complexity index is 389. The molecular formula is C16H27N3. The Labute approximate surface area is 117 Å². The second-order valence-corrected chi connectivity index (χ2v) is 6.15. The van der Waals surface area contributed by atoms with Crippen LogP contribution in [0.3, 0.4) is 0 Å². The molecule has 0 radical (unpaired) electrons. The Morgan fingerprint density at radius 3 is 3.05 bits per heavy atom. The lowest BCUT2D eigenvalue weighted by Gasteiger charge is -2.34. The molecule has 1 aromatic heterocycles. The average molecular weight is 261 g/mol. The van der Waals surface area contributed by atoms with Crippen LogP contribution in [0.25, 0.3) is 0 Å². The number of rotatable bonds is 5. The summed E-state index contributed by atoms with van der Waals surface area (Å²) in [4.78, 5) is 7.01. The first-order chi connectivity index (χ1) is 9.16. The largest absolute Gasteiger partial charge is 0.356 e. The fourth-order valence-electron chi connectivity index (χ4n) is 2.81. The lowest BCUT2D eigenvalue weighted by atomic mass is 9.97. The highest BCUT2D eigenvalue weighted by Gasteiger charge is 2.21. The predicted octanol–water partition coefficient (Wildman–Crippen LogP) is 2.85. The zero-order valence-corrected chi connectivity index (χ0v) is 12.5. The van der Waals surface area contributed by atoms with Crippen LogP contribution in [0, 0.1) is 18.8 Å². The molecule has 2 rings (SSSR count). The third kappa shape index (κ3) is 4.20. The van der Waals surface area contributed by atoms with E-state index in [1.54, 1.807) is 0 Å². The number of aryl methyl sites for hydroxylation is 1. The molecule has 0 bridgehead atoms. The zero-order chi connectivity index (χ0) is 13.7.